The predicted octanol–water partition coefficient (Wildman–Crippen LogP) is 3.54. The molecule has 1 fully saturated rings. The summed E-state index contributed by atoms with van der Waals surface area (Å²) in [5.74, 6) is 2.79. The summed E-state index contributed by atoms with van der Waals surface area (Å²) in [6.45, 7) is 6.63. The quantitative estimate of drug-likeness (QED) is 0.804. The molecule has 3 rings (SSSR count). The zero-order valence-electron chi connectivity index (χ0n) is 15.4. The zero-order valence-corrected chi connectivity index (χ0v) is 15.4. The maximum absolute atomic E-state index is 6.12. The summed E-state index contributed by atoms with van der Waals surface area (Å²) in [7, 11) is 1.70. The third-order valence-electron chi connectivity index (χ3n) is 4.67. The SMILES string of the molecule is CCc1cc(N2CCC(OCc3ccccc3OC)CC2)nc(C)n1. The van der Waals surface area contributed by atoms with Gasteiger partial charge in [-0.15, -0.1) is 0 Å². The standard InChI is InChI=1S/C20H27N3O2/c1-4-17-13-20(22-15(2)21-17)23-11-9-18(10-12-23)25-14-16-7-5-6-8-19(16)24-3/h5-8,13,18H,4,9-12,14H2,1-3H3. The van der Waals surface area contributed by atoms with Crippen LogP contribution in [0, 0.1) is 6.92 Å². The van der Waals surface area contributed by atoms with E-state index in [9.17, 15) is 0 Å². The van der Waals surface area contributed by atoms with E-state index in [1.807, 2.05) is 25.1 Å². The first kappa shape index (κ1) is 17.7. The average Bonchev–Trinajstić information content (AvgIpc) is 2.66. The van der Waals surface area contributed by atoms with Crippen LogP contribution in [-0.4, -0.2) is 36.3 Å². The summed E-state index contributed by atoms with van der Waals surface area (Å²) < 4.78 is 11.5. The van der Waals surface area contributed by atoms with Crippen molar-refractivity contribution in [3.63, 3.8) is 0 Å². The molecule has 5 nitrogen and oxygen atoms in total. The number of nitrogens with zero attached hydrogens (tertiary/aromatic N) is 3. The summed E-state index contributed by atoms with van der Waals surface area (Å²) >= 11 is 0. The van der Waals surface area contributed by atoms with Gasteiger partial charge in [-0.2, -0.15) is 0 Å². The molecule has 0 aliphatic carbocycles. The molecule has 0 N–H and O–H groups in total. The molecule has 0 saturated carbocycles. The Balaban J connectivity index is 1.54. The van der Waals surface area contributed by atoms with Crippen molar-refractivity contribution in [3.05, 3.63) is 47.4 Å². The van der Waals surface area contributed by atoms with E-state index in [4.69, 9.17) is 9.47 Å². The van der Waals surface area contributed by atoms with Crippen LogP contribution in [0.1, 0.15) is 36.8 Å². The lowest BCUT2D eigenvalue weighted by atomic mass is 10.1. The zero-order chi connectivity index (χ0) is 17.6. The Bertz CT molecular complexity index is 697. The van der Waals surface area contributed by atoms with Gasteiger partial charge < -0.3 is 14.4 Å². The summed E-state index contributed by atoms with van der Waals surface area (Å²) in [6, 6.07) is 10.2. The first-order chi connectivity index (χ1) is 12.2. The molecule has 1 saturated heterocycles. The van der Waals surface area contributed by atoms with Crippen LogP contribution in [0.25, 0.3) is 0 Å². The Hall–Kier alpha value is -2.14. The number of ether oxygens (including phenoxy) is 2. The molecule has 0 amide bonds. The normalized spacial score (nSPS) is 15.4. The van der Waals surface area contributed by atoms with E-state index < -0.39 is 0 Å². The van der Waals surface area contributed by atoms with Gasteiger partial charge in [-0.25, -0.2) is 9.97 Å². The van der Waals surface area contributed by atoms with E-state index in [-0.39, 0.29) is 6.10 Å². The number of piperidine rings is 1. The van der Waals surface area contributed by atoms with Gasteiger partial charge in [0.1, 0.15) is 17.4 Å². The fourth-order valence-electron chi connectivity index (χ4n) is 3.24. The third-order valence-corrected chi connectivity index (χ3v) is 4.67. The third kappa shape index (κ3) is 4.48. The van der Waals surface area contributed by atoms with Crippen molar-refractivity contribution in [3.8, 4) is 5.75 Å². The second-order valence-electron chi connectivity index (χ2n) is 6.43. The van der Waals surface area contributed by atoms with Crippen LogP contribution >= 0.6 is 0 Å². The van der Waals surface area contributed by atoms with Gasteiger partial charge in [-0.1, -0.05) is 25.1 Å². The number of benzene rings is 1. The minimum absolute atomic E-state index is 0.287. The average molecular weight is 341 g/mol. The van der Waals surface area contributed by atoms with Gasteiger partial charge in [-0.05, 0) is 32.3 Å². The van der Waals surface area contributed by atoms with Crippen LogP contribution in [0.5, 0.6) is 5.75 Å². The van der Waals surface area contributed by atoms with Crippen molar-refractivity contribution < 1.29 is 9.47 Å². The smallest absolute Gasteiger partial charge is 0.132 e. The highest BCUT2D eigenvalue weighted by Gasteiger charge is 2.21. The lowest BCUT2D eigenvalue weighted by Gasteiger charge is -2.33. The van der Waals surface area contributed by atoms with Crippen molar-refractivity contribution in [1.29, 1.82) is 0 Å². The van der Waals surface area contributed by atoms with E-state index in [1.165, 1.54) is 0 Å². The maximum atomic E-state index is 6.12. The maximum Gasteiger partial charge on any atom is 0.132 e. The van der Waals surface area contributed by atoms with Gasteiger partial charge in [0.2, 0.25) is 0 Å². The number of aromatic nitrogens is 2. The summed E-state index contributed by atoms with van der Waals surface area (Å²) in [5.41, 5.74) is 2.21. The van der Waals surface area contributed by atoms with Crippen molar-refractivity contribution in [1.82, 2.24) is 9.97 Å². The summed E-state index contributed by atoms with van der Waals surface area (Å²) in [5, 5.41) is 0. The van der Waals surface area contributed by atoms with E-state index in [2.05, 4.69) is 33.9 Å². The van der Waals surface area contributed by atoms with Crippen LogP contribution in [0.2, 0.25) is 0 Å². The molecule has 0 unspecified atom stereocenters. The molecule has 0 spiro atoms. The van der Waals surface area contributed by atoms with E-state index in [0.29, 0.717) is 6.61 Å². The fourth-order valence-corrected chi connectivity index (χ4v) is 3.24. The Morgan fingerprint density at radius 1 is 1.16 bits per heavy atom. The van der Waals surface area contributed by atoms with Crippen LogP contribution in [0.15, 0.2) is 30.3 Å². The fraction of sp³-hybridized carbons (Fsp3) is 0.500. The molecule has 2 aromatic rings. The van der Waals surface area contributed by atoms with Gasteiger partial charge >= 0.3 is 0 Å². The van der Waals surface area contributed by atoms with E-state index in [1.54, 1.807) is 7.11 Å². The highest BCUT2D eigenvalue weighted by atomic mass is 16.5. The van der Waals surface area contributed by atoms with Crippen molar-refractivity contribution in [2.45, 2.75) is 45.8 Å². The summed E-state index contributed by atoms with van der Waals surface area (Å²) in [4.78, 5) is 11.4. The molecule has 0 bridgehead atoms. The Morgan fingerprint density at radius 2 is 1.92 bits per heavy atom. The molecule has 0 radical (unpaired) electrons. The Labute approximate surface area is 150 Å². The largest absolute Gasteiger partial charge is 0.496 e. The second kappa shape index (κ2) is 8.30. The van der Waals surface area contributed by atoms with Crippen LogP contribution in [0.4, 0.5) is 5.82 Å². The number of hydrogen-bond donors (Lipinski definition) is 0. The molecule has 1 aliphatic rings. The summed E-state index contributed by atoms with van der Waals surface area (Å²) in [6.07, 6.45) is 3.25. The molecule has 0 atom stereocenters. The highest BCUT2D eigenvalue weighted by Crippen LogP contribution is 2.23. The first-order valence-electron chi connectivity index (χ1n) is 9.02. The highest BCUT2D eigenvalue weighted by molar-refractivity contribution is 5.40. The van der Waals surface area contributed by atoms with E-state index in [0.717, 1.165) is 61.0 Å². The van der Waals surface area contributed by atoms with Crippen LogP contribution in [0.3, 0.4) is 0 Å². The number of para-hydroxylation sites is 1. The number of rotatable bonds is 6. The number of hydrogen-bond acceptors (Lipinski definition) is 5. The van der Waals surface area contributed by atoms with Gasteiger partial charge in [0, 0.05) is 30.4 Å². The van der Waals surface area contributed by atoms with Gasteiger partial charge in [0.25, 0.3) is 0 Å². The van der Waals surface area contributed by atoms with Crippen molar-refractivity contribution >= 4 is 5.82 Å². The molecule has 1 aliphatic heterocycles. The lowest BCUT2D eigenvalue weighted by molar-refractivity contribution is 0.0241. The molecule has 1 aromatic carbocycles. The predicted molar refractivity (Wildman–Crippen MR) is 99.2 cm³/mol. The van der Waals surface area contributed by atoms with Gasteiger partial charge in [0.15, 0.2) is 0 Å². The molecule has 25 heavy (non-hydrogen) atoms. The minimum atomic E-state index is 0.287. The Morgan fingerprint density at radius 3 is 2.64 bits per heavy atom. The number of methoxy groups -OCH3 is 1. The van der Waals surface area contributed by atoms with Crippen LogP contribution < -0.4 is 9.64 Å². The Kier molecular flexibility index (Phi) is 5.87. The molecule has 5 heteroatoms. The molecule has 134 valence electrons. The minimum Gasteiger partial charge on any atom is -0.496 e. The number of anilines is 1. The molecule has 2 heterocycles. The lowest BCUT2D eigenvalue weighted by Crippen LogP contribution is -2.37. The van der Waals surface area contributed by atoms with Gasteiger partial charge in [-0.3, -0.25) is 0 Å². The molecular weight excluding hydrogens is 314 g/mol. The van der Waals surface area contributed by atoms with Gasteiger partial charge in [0.05, 0.1) is 19.8 Å². The molecule has 1 aromatic heterocycles. The first-order valence-corrected chi connectivity index (χ1v) is 9.02. The van der Waals surface area contributed by atoms with E-state index >= 15 is 0 Å². The van der Waals surface area contributed by atoms with Crippen LogP contribution in [-0.2, 0) is 17.8 Å². The second-order valence-corrected chi connectivity index (χ2v) is 6.43. The topological polar surface area (TPSA) is 47.5 Å². The van der Waals surface area contributed by atoms with Crippen molar-refractivity contribution in [2.24, 2.45) is 0 Å². The number of aryl methyl sites for hydroxylation is 2. The monoisotopic (exact) mass is 341 g/mol. The molecular formula is C20H27N3O2. The van der Waals surface area contributed by atoms with Crippen molar-refractivity contribution in [2.75, 3.05) is 25.1 Å².